The normalized spacial score (nSPS) is 11.5. The van der Waals surface area contributed by atoms with Gasteiger partial charge in [0.05, 0.1) is 22.1 Å². The fraction of sp³-hybridized carbons (Fsp3) is 0. The van der Waals surface area contributed by atoms with E-state index in [4.69, 9.17) is 15.0 Å². The Hall–Kier alpha value is -8.41. The zero-order valence-corrected chi connectivity index (χ0v) is 33.6. The fourth-order valence-corrected chi connectivity index (χ4v) is 9.06. The summed E-state index contributed by atoms with van der Waals surface area (Å²) in [6.45, 7) is 0. The summed E-state index contributed by atoms with van der Waals surface area (Å²) in [6.07, 6.45) is 0. The first-order chi connectivity index (χ1) is 30.7. The second-order valence-corrected chi connectivity index (χ2v) is 15.6. The molecule has 0 N–H and O–H groups in total. The summed E-state index contributed by atoms with van der Waals surface area (Å²) < 4.78 is 4.67. The second kappa shape index (κ2) is 14.7. The van der Waals surface area contributed by atoms with Crippen molar-refractivity contribution in [2.45, 2.75) is 0 Å². The summed E-state index contributed by atoms with van der Waals surface area (Å²) in [7, 11) is 0. The summed E-state index contributed by atoms with van der Waals surface area (Å²) in [5, 5.41) is 4.69. The molecule has 62 heavy (non-hydrogen) atoms. The third kappa shape index (κ3) is 5.98. The molecule has 0 fully saturated rings. The van der Waals surface area contributed by atoms with Gasteiger partial charge in [-0.25, -0.2) is 15.0 Å². The molecule has 0 atom stereocenters. The number of benzene rings is 9. The lowest BCUT2D eigenvalue weighted by Gasteiger charge is -2.13. The van der Waals surface area contributed by atoms with Crippen LogP contribution >= 0.6 is 0 Å². The van der Waals surface area contributed by atoms with E-state index in [-0.39, 0.29) is 0 Å². The maximum Gasteiger partial charge on any atom is 0.166 e. The van der Waals surface area contributed by atoms with Gasteiger partial charge in [-0.2, -0.15) is 0 Å². The van der Waals surface area contributed by atoms with E-state index in [0.29, 0.717) is 17.5 Å². The average molecular weight is 792 g/mol. The van der Waals surface area contributed by atoms with Crippen molar-refractivity contribution in [3.8, 4) is 67.8 Å². The molecule has 12 aromatic rings. The van der Waals surface area contributed by atoms with Crippen LogP contribution in [-0.2, 0) is 0 Å². The van der Waals surface area contributed by atoms with Crippen LogP contribution in [0.3, 0.4) is 0 Å². The maximum atomic E-state index is 5.37. The molecular formula is C57H37N5. The van der Waals surface area contributed by atoms with Crippen LogP contribution in [0.5, 0.6) is 0 Å². The third-order valence-electron chi connectivity index (χ3n) is 12.0. The lowest BCUT2D eigenvalue weighted by atomic mass is 9.99. The fourth-order valence-electron chi connectivity index (χ4n) is 9.06. The standard InChI is InChI=1S/C57H37N5/c1-4-15-38(16-5-1)39-27-29-40(30-28-39)41-31-33-42(34-32-41)55-58-56(43-35-36-48-46-21-10-12-25-51(46)61(53(48)37-43)44-17-6-2-7-18-44)60-57(59-55)50-24-14-23-49-47-22-11-13-26-52(47)62(54(49)50)45-19-8-3-9-20-45/h1-37H. The second-order valence-electron chi connectivity index (χ2n) is 15.6. The summed E-state index contributed by atoms with van der Waals surface area (Å²) >= 11 is 0. The topological polar surface area (TPSA) is 48.5 Å². The van der Waals surface area contributed by atoms with Crippen molar-refractivity contribution >= 4 is 43.6 Å². The predicted molar refractivity (Wildman–Crippen MR) is 256 cm³/mol. The largest absolute Gasteiger partial charge is 0.309 e. The van der Waals surface area contributed by atoms with Crippen molar-refractivity contribution in [2.24, 2.45) is 0 Å². The molecule has 5 heteroatoms. The quantitative estimate of drug-likeness (QED) is 0.162. The van der Waals surface area contributed by atoms with E-state index in [1.54, 1.807) is 0 Å². The highest BCUT2D eigenvalue weighted by atomic mass is 15.1. The smallest absolute Gasteiger partial charge is 0.166 e. The minimum absolute atomic E-state index is 0.608. The molecule has 0 saturated heterocycles. The van der Waals surface area contributed by atoms with Crippen molar-refractivity contribution in [1.29, 1.82) is 0 Å². The number of fused-ring (bicyclic) bond motifs is 6. The van der Waals surface area contributed by atoms with E-state index >= 15 is 0 Å². The van der Waals surface area contributed by atoms with Crippen LogP contribution < -0.4 is 0 Å². The minimum atomic E-state index is 0.608. The first-order valence-corrected chi connectivity index (χ1v) is 20.9. The van der Waals surface area contributed by atoms with Gasteiger partial charge in [-0.3, -0.25) is 0 Å². The molecule has 0 aliphatic rings. The molecule has 12 rings (SSSR count). The van der Waals surface area contributed by atoms with Crippen LogP contribution in [0.25, 0.3) is 111 Å². The molecule has 0 bridgehead atoms. The van der Waals surface area contributed by atoms with Gasteiger partial charge in [0.1, 0.15) is 0 Å². The average Bonchev–Trinajstić information content (AvgIpc) is 3.87. The third-order valence-corrected chi connectivity index (χ3v) is 12.0. The monoisotopic (exact) mass is 791 g/mol. The molecule has 0 aliphatic heterocycles. The van der Waals surface area contributed by atoms with Crippen molar-refractivity contribution in [3.05, 3.63) is 224 Å². The van der Waals surface area contributed by atoms with Gasteiger partial charge < -0.3 is 9.13 Å². The Morgan fingerprint density at radius 2 is 0.677 bits per heavy atom. The summed E-state index contributed by atoms with van der Waals surface area (Å²) in [5.41, 5.74) is 14.0. The van der Waals surface area contributed by atoms with Crippen molar-refractivity contribution in [2.75, 3.05) is 0 Å². The molecule has 0 spiro atoms. The van der Waals surface area contributed by atoms with Crippen LogP contribution in [0.2, 0.25) is 0 Å². The summed E-state index contributed by atoms with van der Waals surface area (Å²) in [5.74, 6) is 1.83. The molecule has 0 saturated carbocycles. The van der Waals surface area contributed by atoms with E-state index < -0.39 is 0 Å². The first kappa shape index (κ1) is 35.5. The minimum Gasteiger partial charge on any atom is -0.309 e. The van der Waals surface area contributed by atoms with Gasteiger partial charge in [0.25, 0.3) is 0 Å². The molecule has 0 radical (unpaired) electrons. The summed E-state index contributed by atoms with van der Waals surface area (Å²) in [6, 6.07) is 79.1. The Bertz CT molecular complexity index is 3590. The van der Waals surface area contributed by atoms with Crippen LogP contribution in [0.1, 0.15) is 0 Å². The Labute approximate surface area is 358 Å². The summed E-state index contributed by atoms with van der Waals surface area (Å²) in [4.78, 5) is 16.0. The van der Waals surface area contributed by atoms with Gasteiger partial charge in [0, 0.05) is 49.6 Å². The van der Waals surface area contributed by atoms with Crippen LogP contribution in [-0.4, -0.2) is 24.1 Å². The van der Waals surface area contributed by atoms with Crippen molar-refractivity contribution < 1.29 is 0 Å². The zero-order valence-electron chi connectivity index (χ0n) is 33.6. The number of hydrogen-bond donors (Lipinski definition) is 0. The van der Waals surface area contributed by atoms with Crippen LogP contribution in [0, 0.1) is 0 Å². The van der Waals surface area contributed by atoms with Gasteiger partial charge in [0.2, 0.25) is 0 Å². The lowest BCUT2D eigenvalue weighted by molar-refractivity contribution is 1.07. The van der Waals surface area contributed by atoms with Gasteiger partial charge in [-0.1, -0.05) is 176 Å². The first-order valence-electron chi connectivity index (χ1n) is 20.9. The van der Waals surface area contributed by atoms with Gasteiger partial charge in [-0.05, 0) is 70.8 Å². The SMILES string of the molecule is c1ccc(-c2ccc(-c3ccc(-c4nc(-c5ccc6c7ccccc7n(-c7ccccc7)c6c5)nc(-c5cccc6c7ccccc7n(-c7ccccc7)c56)n4)cc3)cc2)cc1. The molecule has 0 amide bonds. The predicted octanol–water partition coefficient (Wildman–Crippen LogP) is 14.4. The van der Waals surface area contributed by atoms with E-state index in [2.05, 4.69) is 228 Å². The van der Waals surface area contributed by atoms with Crippen molar-refractivity contribution in [3.63, 3.8) is 0 Å². The molecule has 290 valence electrons. The Kier molecular flexibility index (Phi) is 8.42. The highest BCUT2D eigenvalue weighted by molar-refractivity contribution is 6.13. The Balaban J connectivity index is 1.06. The molecular weight excluding hydrogens is 755 g/mol. The number of aromatic nitrogens is 5. The number of rotatable bonds is 7. The molecule has 3 heterocycles. The number of nitrogens with zero attached hydrogens (tertiary/aromatic N) is 5. The van der Waals surface area contributed by atoms with Crippen LogP contribution in [0.15, 0.2) is 224 Å². The van der Waals surface area contributed by atoms with Gasteiger partial charge >= 0.3 is 0 Å². The van der Waals surface area contributed by atoms with E-state index in [1.165, 1.54) is 27.3 Å². The van der Waals surface area contributed by atoms with E-state index in [9.17, 15) is 0 Å². The van der Waals surface area contributed by atoms with E-state index in [0.717, 1.165) is 66.6 Å². The molecule has 3 aromatic heterocycles. The molecule has 0 unspecified atom stereocenters. The van der Waals surface area contributed by atoms with Crippen molar-refractivity contribution in [1.82, 2.24) is 24.1 Å². The molecule has 9 aromatic carbocycles. The maximum absolute atomic E-state index is 5.37. The van der Waals surface area contributed by atoms with Gasteiger partial charge in [-0.15, -0.1) is 0 Å². The molecule has 0 aliphatic carbocycles. The highest BCUT2D eigenvalue weighted by Crippen LogP contribution is 2.39. The van der Waals surface area contributed by atoms with Crippen LogP contribution in [0.4, 0.5) is 0 Å². The van der Waals surface area contributed by atoms with Gasteiger partial charge in [0.15, 0.2) is 17.5 Å². The zero-order chi connectivity index (χ0) is 41.0. The lowest BCUT2D eigenvalue weighted by Crippen LogP contribution is -2.02. The number of para-hydroxylation sites is 5. The Morgan fingerprint density at radius 3 is 1.31 bits per heavy atom. The number of hydrogen-bond acceptors (Lipinski definition) is 3. The van der Waals surface area contributed by atoms with E-state index in [1.807, 2.05) is 6.07 Å². The highest BCUT2D eigenvalue weighted by Gasteiger charge is 2.21. The molecule has 5 nitrogen and oxygen atoms in total. The Morgan fingerprint density at radius 1 is 0.258 bits per heavy atom.